The van der Waals surface area contributed by atoms with E-state index in [1.165, 1.54) is 7.11 Å². The van der Waals surface area contributed by atoms with E-state index in [1.807, 2.05) is 6.92 Å². The van der Waals surface area contributed by atoms with Crippen LogP contribution in [0.4, 0.5) is 4.79 Å². The van der Waals surface area contributed by atoms with Crippen LogP contribution in [0, 0.1) is 5.92 Å². The lowest BCUT2D eigenvalue weighted by Crippen LogP contribution is -2.53. The van der Waals surface area contributed by atoms with Crippen LogP contribution < -0.4 is 5.32 Å². The Morgan fingerprint density at radius 1 is 1.40 bits per heavy atom. The Labute approximate surface area is 118 Å². The predicted octanol–water partition coefficient (Wildman–Crippen LogP) is 0.833. The van der Waals surface area contributed by atoms with Crippen molar-refractivity contribution >= 4 is 18.0 Å². The van der Waals surface area contributed by atoms with Crippen molar-refractivity contribution in [2.75, 3.05) is 13.7 Å². The van der Waals surface area contributed by atoms with E-state index in [9.17, 15) is 14.4 Å². The maximum atomic E-state index is 12.1. The van der Waals surface area contributed by atoms with Gasteiger partial charge in [0, 0.05) is 12.6 Å². The van der Waals surface area contributed by atoms with E-state index in [2.05, 4.69) is 17.0 Å². The molecule has 1 rings (SSSR count). The molecule has 7 nitrogen and oxygen atoms in total. The first-order valence-corrected chi connectivity index (χ1v) is 6.71. The molecule has 1 fully saturated rings. The Morgan fingerprint density at radius 3 is 2.55 bits per heavy atom. The number of carboxylic acids is 1. The predicted molar refractivity (Wildman–Crippen MR) is 71.2 cm³/mol. The normalized spacial score (nSPS) is 23.9. The summed E-state index contributed by atoms with van der Waals surface area (Å²) in [6.45, 7) is 4.66. The molecule has 1 aliphatic heterocycles. The van der Waals surface area contributed by atoms with E-state index in [0.29, 0.717) is 12.5 Å². The smallest absolute Gasteiger partial charge is 0.326 e. The van der Waals surface area contributed by atoms with Crippen LogP contribution in [0.1, 0.15) is 33.1 Å². The third-order valence-electron chi connectivity index (χ3n) is 3.59. The Hall–Kier alpha value is -1.79. The highest BCUT2D eigenvalue weighted by Gasteiger charge is 2.30. The summed E-state index contributed by atoms with van der Waals surface area (Å²) < 4.78 is 4.43. The highest BCUT2D eigenvalue weighted by molar-refractivity contribution is 5.86. The van der Waals surface area contributed by atoms with Gasteiger partial charge in [-0.15, -0.1) is 0 Å². The molecule has 0 bridgehead atoms. The van der Waals surface area contributed by atoms with Crippen molar-refractivity contribution in [1.82, 2.24) is 10.2 Å². The minimum atomic E-state index is -1.26. The molecule has 2 amide bonds. The second-order valence-corrected chi connectivity index (χ2v) is 5.29. The largest absolute Gasteiger partial charge is 0.480 e. The van der Waals surface area contributed by atoms with Crippen molar-refractivity contribution in [3.8, 4) is 0 Å². The Kier molecular flexibility index (Phi) is 5.79. The summed E-state index contributed by atoms with van der Waals surface area (Å²) in [6, 6.07) is -1.64. The van der Waals surface area contributed by atoms with Crippen molar-refractivity contribution < 1.29 is 24.2 Å². The van der Waals surface area contributed by atoms with Gasteiger partial charge in [0.15, 0.2) is 0 Å². The molecule has 114 valence electrons. The fraction of sp³-hybridized carbons (Fsp3) is 0.769. The monoisotopic (exact) mass is 286 g/mol. The molecular formula is C13H22N2O5. The second kappa shape index (κ2) is 7.12. The number of ether oxygens (including phenoxy) is 1. The van der Waals surface area contributed by atoms with E-state index in [1.54, 1.807) is 4.90 Å². The van der Waals surface area contributed by atoms with Crippen LogP contribution >= 0.6 is 0 Å². The number of amides is 2. The highest BCUT2D eigenvalue weighted by atomic mass is 16.5. The number of nitrogens with zero attached hydrogens (tertiary/aromatic N) is 1. The van der Waals surface area contributed by atoms with Crippen molar-refractivity contribution in [1.29, 1.82) is 0 Å². The minimum Gasteiger partial charge on any atom is -0.480 e. The molecule has 3 atom stereocenters. The lowest BCUT2D eigenvalue weighted by molar-refractivity contribution is -0.147. The van der Waals surface area contributed by atoms with Crippen LogP contribution in [0.15, 0.2) is 0 Å². The zero-order valence-corrected chi connectivity index (χ0v) is 12.1. The maximum Gasteiger partial charge on any atom is 0.326 e. The van der Waals surface area contributed by atoms with E-state index >= 15 is 0 Å². The van der Waals surface area contributed by atoms with Gasteiger partial charge in [0.05, 0.1) is 13.5 Å². The summed E-state index contributed by atoms with van der Waals surface area (Å²) in [4.78, 5) is 35.9. The van der Waals surface area contributed by atoms with Gasteiger partial charge in [-0.3, -0.25) is 4.79 Å². The molecule has 1 saturated heterocycles. The zero-order valence-electron chi connectivity index (χ0n) is 12.1. The molecule has 0 aliphatic carbocycles. The number of nitrogens with one attached hydrogen (secondary N) is 1. The zero-order chi connectivity index (χ0) is 15.3. The van der Waals surface area contributed by atoms with E-state index in [0.717, 1.165) is 12.8 Å². The molecule has 0 aromatic rings. The molecule has 2 unspecified atom stereocenters. The van der Waals surface area contributed by atoms with Gasteiger partial charge in [-0.25, -0.2) is 9.59 Å². The molecule has 1 aliphatic rings. The SMILES string of the molecule is COC(=O)C[C@H](NC(=O)N1CCC(C)CC1C)C(=O)O. The first-order chi connectivity index (χ1) is 9.35. The first-order valence-electron chi connectivity index (χ1n) is 6.71. The Bertz CT molecular complexity index is 385. The molecule has 0 saturated carbocycles. The number of carboxylic acid groups (broad SMARTS) is 1. The van der Waals surface area contributed by atoms with Gasteiger partial charge in [-0.2, -0.15) is 0 Å². The number of esters is 1. The van der Waals surface area contributed by atoms with Crippen LogP contribution in [-0.4, -0.2) is 53.7 Å². The number of rotatable bonds is 4. The standard InChI is InChI=1S/C13H22N2O5/c1-8-4-5-15(9(2)6-8)13(19)14-10(12(17)18)7-11(16)20-3/h8-10H,4-7H2,1-3H3,(H,14,19)(H,17,18)/t8?,9?,10-/m0/s1. The lowest BCUT2D eigenvalue weighted by Gasteiger charge is -2.37. The molecule has 20 heavy (non-hydrogen) atoms. The summed E-state index contributed by atoms with van der Waals surface area (Å²) in [5.74, 6) is -1.36. The van der Waals surface area contributed by atoms with E-state index in [4.69, 9.17) is 5.11 Å². The van der Waals surface area contributed by atoms with Gasteiger partial charge in [0.1, 0.15) is 6.04 Å². The molecule has 0 radical (unpaired) electrons. The number of aliphatic carboxylic acids is 1. The summed E-state index contributed by atoms with van der Waals surface area (Å²) in [6.07, 6.45) is 1.41. The fourth-order valence-electron chi connectivity index (χ4n) is 2.39. The lowest BCUT2D eigenvalue weighted by atomic mass is 9.94. The van der Waals surface area contributed by atoms with Gasteiger partial charge in [-0.05, 0) is 25.7 Å². The second-order valence-electron chi connectivity index (χ2n) is 5.29. The van der Waals surface area contributed by atoms with Gasteiger partial charge < -0.3 is 20.1 Å². The third kappa shape index (κ3) is 4.40. The Morgan fingerprint density at radius 2 is 2.05 bits per heavy atom. The third-order valence-corrected chi connectivity index (χ3v) is 3.59. The number of hydrogen-bond donors (Lipinski definition) is 2. The highest BCUT2D eigenvalue weighted by Crippen LogP contribution is 2.22. The quantitative estimate of drug-likeness (QED) is 0.746. The van der Waals surface area contributed by atoms with Gasteiger partial charge in [0.2, 0.25) is 0 Å². The number of hydrogen-bond acceptors (Lipinski definition) is 4. The van der Waals surface area contributed by atoms with E-state index in [-0.39, 0.29) is 12.5 Å². The van der Waals surface area contributed by atoms with E-state index < -0.39 is 24.0 Å². The average molecular weight is 286 g/mol. The fourth-order valence-corrected chi connectivity index (χ4v) is 2.39. The number of carbonyl (C=O) groups excluding carboxylic acids is 2. The van der Waals surface area contributed by atoms with Gasteiger partial charge in [-0.1, -0.05) is 6.92 Å². The van der Waals surface area contributed by atoms with Crippen LogP contribution in [0.3, 0.4) is 0 Å². The van der Waals surface area contributed by atoms with Crippen molar-refractivity contribution in [2.24, 2.45) is 5.92 Å². The van der Waals surface area contributed by atoms with Crippen molar-refractivity contribution in [2.45, 2.75) is 45.2 Å². The van der Waals surface area contributed by atoms with Crippen molar-refractivity contribution in [3.05, 3.63) is 0 Å². The summed E-state index contributed by atoms with van der Waals surface area (Å²) in [5, 5.41) is 11.4. The van der Waals surface area contributed by atoms with Crippen LogP contribution in [0.25, 0.3) is 0 Å². The number of piperidine rings is 1. The molecule has 0 spiro atoms. The maximum absolute atomic E-state index is 12.1. The molecular weight excluding hydrogens is 264 g/mol. The Balaban J connectivity index is 2.61. The number of likely N-dealkylation sites (tertiary alicyclic amines) is 1. The van der Waals surface area contributed by atoms with Crippen LogP contribution in [0.5, 0.6) is 0 Å². The van der Waals surface area contributed by atoms with Gasteiger partial charge >= 0.3 is 18.0 Å². The number of carbonyl (C=O) groups is 3. The molecule has 7 heteroatoms. The average Bonchev–Trinajstić information content (AvgIpc) is 2.37. The summed E-state index contributed by atoms with van der Waals surface area (Å²) >= 11 is 0. The van der Waals surface area contributed by atoms with Crippen molar-refractivity contribution in [3.63, 3.8) is 0 Å². The first kappa shape index (κ1) is 16.3. The summed E-state index contributed by atoms with van der Waals surface area (Å²) in [7, 11) is 1.18. The van der Waals surface area contributed by atoms with Crippen LogP contribution in [0.2, 0.25) is 0 Å². The molecule has 0 aromatic heterocycles. The number of urea groups is 1. The van der Waals surface area contributed by atoms with Gasteiger partial charge in [0.25, 0.3) is 0 Å². The molecule has 0 aromatic carbocycles. The van der Waals surface area contributed by atoms with Crippen LogP contribution in [-0.2, 0) is 14.3 Å². The molecule has 1 heterocycles. The molecule has 2 N–H and O–H groups in total. The topological polar surface area (TPSA) is 95.9 Å². The minimum absolute atomic E-state index is 0.0614. The summed E-state index contributed by atoms with van der Waals surface area (Å²) in [5.41, 5.74) is 0. The number of methoxy groups -OCH3 is 1.